The molecular weight excluding hydrogens is 296 g/mol. The van der Waals surface area contributed by atoms with Gasteiger partial charge in [-0.1, -0.05) is 38.1 Å². The monoisotopic (exact) mass is 328 g/mol. The van der Waals surface area contributed by atoms with Gasteiger partial charge < -0.3 is 4.90 Å². The van der Waals surface area contributed by atoms with E-state index in [4.69, 9.17) is 0 Å². The molecule has 132 valence electrons. The lowest BCUT2D eigenvalue weighted by Crippen LogP contribution is -2.51. The van der Waals surface area contributed by atoms with Crippen LogP contribution in [-0.2, 0) is 11.3 Å². The molecule has 1 aromatic carbocycles. The molecule has 0 N–H and O–H groups in total. The van der Waals surface area contributed by atoms with E-state index in [-0.39, 0.29) is 0 Å². The molecule has 0 unspecified atom stereocenters. The molecule has 2 saturated heterocycles. The lowest BCUT2D eigenvalue weighted by molar-refractivity contribution is -0.138. The Morgan fingerprint density at radius 2 is 1.75 bits per heavy atom. The number of nitrogens with zero attached hydrogens (tertiary/aromatic N) is 2. The molecule has 0 atom stereocenters. The van der Waals surface area contributed by atoms with Crippen molar-refractivity contribution in [1.82, 2.24) is 9.80 Å². The van der Waals surface area contributed by atoms with Crippen LogP contribution in [0.3, 0.4) is 0 Å². The van der Waals surface area contributed by atoms with Gasteiger partial charge >= 0.3 is 0 Å². The molecular formula is C21H32N2O. The average molecular weight is 329 g/mol. The molecule has 0 radical (unpaired) electrons. The summed E-state index contributed by atoms with van der Waals surface area (Å²) >= 11 is 0. The second-order valence-corrected chi connectivity index (χ2v) is 8.08. The van der Waals surface area contributed by atoms with Crippen LogP contribution in [0, 0.1) is 5.41 Å². The lowest BCUT2D eigenvalue weighted by Gasteiger charge is -2.47. The van der Waals surface area contributed by atoms with Crippen molar-refractivity contribution in [2.75, 3.05) is 26.2 Å². The Hall–Kier alpha value is -1.35. The lowest BCUT2D eigenvalue weighted by atomic mass is 9.72. The summed E-state index contributed by atoms with van der Waals surface area (Å²) in [6.07, 6.45) is 4.32. The Labute approximate surface area is 147 Å². The van der Waals surface area contributed by atoms with Crippen LogP contribution in [-0.4, -0.2) is 41.9 Å². The van der Waals surface area contributed by atoms with E-state index in [1.807, 2.05) is 0 Å². The molecule has 3 rings (SSSR count). The highest BCUT2D eigenvalue weighted by molar-refractivity contribution is 5.77. The van der Waals surface area contributed by atoms with Crippen molar-refractivity contribution in [3.8, 4) is 0 Å². The largest absolute Gasteiger partial charge is 0.342 e. The summed E-state index contributed by atoms with van der Waals surface area (Å²) in [7, 11) is 0. The molecule has 0 aliphatic carbocycles. The molecule has 2 aliphatic heterocycles. The number of rotatable bonds is 4. The van der Waals surface area contributed by atoms with Gasteiger partial charge in [-0.05, 0) is 61.7 Å². The molecule has 24 heavy (non-hydrogen) atoms. The van der Waals surface area contributed by atoms with Gasteiger partial charge in [0.2, 0.25) is 5.91 Å². The normalized spacial score (nSPS) is 21.7. The summed E-state index contributed by atoms with van der Waals surface area (Å²) in [6, 6.07) is 9.13. The highest BCUT2D eigenvalue weighted by Crippen LogP contribution is 2.40. The van der Waals surface area contributed by atoms with Crippen molar-refractivity contribution in [1.29, 1.82) is 0 Å². The Morgan fingerprint density at radius 3 is 2.33 bits per heavy atom. The summed E-state index contributed by atoms with van der Waals surface area (Å²) in [6.45, 7) is 11.8. The number of likely N-dealkylation sites (tertiary alicyclic amines) is 2. The molecule has 2 fully saturated rings. The highest BCUT2D eigenvalue weighted by atomic mass is 16.2. The van der Waals surface area contributed by atoms with Gasteiger partial charge in [0.1, 0.15) is 0 Å². The van der Waals surface area contributed by atoms with Gasteiger partial charge in [-0.25, -0.2) is 0 Å². The fourth-order valence-electron chi connectivity index (χ4n) is 4.25. The third-order valence-corrected chi connectivity index (χ3v) is 6.10. The van der Waals surface area contributed by atoms with Crippen LogP contribution in [0.25, 0.3) is 0 Å². The molecule has 2 heterocycles. The van der Waals surface area contributed by atoms with Crippen molar-refractivity contribution in [2.24, 2.45) is 5.41 Å². The zero-order valence-electron chi connectivity index (χ0n) is 15.6. The standard InChI is InChI=1S/C21H32N2O/c1-4-23-16-21(10-9-20(23)24)11-13-22(14-12-21)15-18-5-7-19(8-6-18)17(2)3/h5-8,17H,4,9-16H2,1-3H3. The predicted molar refractivity (Wildman–Crippen MR) is 99.0 cm³/mol. The van der Waals surface area contributed by atoms with E-state index in [9.17, 15) is 4.79 Å². The van der Waals surface area contributed by atoms with Crippen LogP contribution in [0.2, 0.25) is 0 Å². The predicted octanol–water partition coefficient (Wildman–Crippen LogP) is 4.03. The molecule has 3 heteroatoms. The van der Waals surface area contributed by atoms with Crippen LogP contribution >= 0.6 is 0 Å². The van der Waals surface area contributed by atoms with Gasteiger partial charge in [-0.3, -0.25) is 9.69 Å². The summed E-state index contributed by atoms with van der Waals surface area (Å²) in [5.41, 5.74) is 3.23. The van der Waals surface area contributed by atoms with E-state index >= 15 is 0 Å². The molecule has 0 saturated carbocycles. The second-order valence-electron chi connectivity index (χ2n) is 8.08. The Kier molecular flexibility index (Phi) is 5.29. The van der Waals surface area contributed by atoms with Crippen LogP contribution in [0.4, 0.5) is 0 Å². The minimum Gasteiger partial charge on any atom is -0.342 e. The summed E-state index contributed by atoms with van der Waals surface area (Å²) < 4.78 is 0. The van der Waals surface area contributed by atoms with Crippen molar-refractivity contribution >= 4 is 5.91 Å². The fourth-order valence-corrected chi connectivity index (χ4v) is 4.25. The smallest absolute Gasteiger partial charge is 0.222 e. The number of piperidine rings is 2. The van der Waals surface area contributed by atoms with E-state index in [1.165, 1.54) is 24.0 Å². The Morgan fingerprint density at radius 1 is 1.08 bits per heavy atom. The molecule has 1 aromatic rings. The number of carbonyl (C=O) groups excluding carboxylic acids is 1. The van der Waals surface area contributed by atoms with Gasteiger partial charge in [0.15, 0.2) is 0 Å². The Balaban J connectivity index is 1.54. The number of benzene rings is 1. The van der Waals surface area contributed by atoms with Gasteiger partial charge in [0, 0.05) is 26.1 Å². The van der Waals surface area contributed by atoms with Crippen molar-refractivity contribution in [2.45, 2.75) is 58.9 Å². The molecule has 0 aromatic heterocycles. The summed E-state index contributed by atoms with van der Waals surface area (Å²) in [5.74, 6) is 0.959. The van der Waals surface area contributed by atoms with E-state index in [1.54, 1.807) is 0 Å². The first-order valence-electron chi connectivity index (χ1n) is 9.60. The van der Waals surface area contributed by atoms with Crippen LogP contribution in [0.5, 0.6) is 0 Å². The zero-order chi connectivity index (χ0) is 17.2. The maximum atomic E-state index is 11.9. The molecule has 1 amide bonds. The first-order valence-corrected chi connectivity index (χ1v) is 9.60. The van der Waals surface area contributed by atoms with Gasteiger partial charge in [-0.2, -0.15) is 0 Å². The van der Waals surface area contributed by atoms with E-state index in [0.29, 0.717) is 17.2 Å². The quantitative estimate of drug-likeness (QED) is 0.833. The average Bonchev–Trinajstić information content (AvgIpc) is 2.60. The third kappa shape index (κ3) is 3.83. The van der Waals surface area contributed by atoms with Crippen LogP contribution < -0.4 is 0 Å². The molecule has 2 aliphatic rings. The van der Waals surface area contributed by atoms with E-state index < -0.39 is 0 Å². The van der Waals surface area contributed by atoms with Crippen LogP contribution in [0.1, 0.15) is 63.5 Å². The van der Waals surface area contributed by atoms with Crippen molar-refractivity contribution < 1.29 is 4.79 Å². The third-order valence-electron chi connectivity index (χ3n) is 6.10. The van der Waals surface area contributed by atoms with Crippen LogP contribution in [0.15, 0.2) is 24.3 Å². The Bertz CT molecular complexity index is 556. The van der Waals surface area contributed by atoms with Crippen molar-refractivity contribution in [3.63, 3.8) is 0 Å². The number of hydrogen-bond donors (Lipinski definition) is 0. The number of hydrogen-bond acceptors (Lipinski definition) is 2. The molecule has 3 nitrogen and oxygen atoms in total. The number of carbonyl (C=O) groups is 1. The maximum absolute atomic E-state index is 11.9. The first kappa shape index (κ1) is 17.5. The number of amides is 1. The summed E-state index contributed by atoms with van der Waals surface area (Å²) in [5, 5.41) is 0. The minimum absolute atomic E-state index is 0.357. The highest BCUT2D eigenvalue weighted by Gasteiger charge is 2.40. The minimum atomic E-state index is 0.357. The second kappa shape index (κ2) is 7.26. The zero-order valence-corrected chi connectivity index (χ0v) is 15.6. The van der Waals surface area contributed by atoms with Gasteiger partial charge in [0.25, 0.3) is 0 Å². The fraction of sp³-hybridized carbons (Fsp3) is 0.667. The van der Waals surface area contributed by atoms with Gasteiger partial charge in [-0.15, -0.1) is 0 Å². The molecule has 0 bridgehead atoms. The first-order chi connectivity index (χ1) is 11.5. The summed E-state index contributed by atoms with van der Waals surface area (Å²) in [4.78, 5) is 16.6. The van der Waals surface area contributed by atoms with E-state index in [0.717, 1.165) is 45.6 Å². The van der Waals surface area contributed by atoms with Gasteiger partial charge in [0.05, 0.1) is 0 Å². The maximum Gasteiger partial charge on any atom is 0.222 e. The molecule has 1 spiro atoms. The van der Waals surface area contributed by atoms with E-state index in [2.05, 4.69) is 54.8 Å². The SMILES string of the molecule is CCN1CC2(CCC1=O)CCN(Cc1ccc(C(C)C)cc1)CC2. The van der Waals surface area contributed by atoms with Crippen molar-refractivity contribution in [3.05, 3.63) is 35.4 Å². The topological polar surface area (TPSA) is 23.6 Å².